The summed E-state index contributed by atoms with van der Waals surface area (Å²) < 4.78 is 26.1. The third-order valence-electron chi connectivity index (χ3n) is 2.87. The normalized spacial score (nSPS) is 10.5. The van der Waals surface area contributed by atoms with Crippen molar-refractivity contribution < 1.29 is 13.6 Å². The number of carbonyl (C=O) groups excluding carboxylic acids is 1. The van der Waals surface area contributed by atoms with Gasteiger partial charge in [-0.05, 0) is 42.3 Å². The molecule has 0 fully saturated rings. The first-order valence-electron chi connectivity index (χ1n) is 5.70. The lowest BCUT2D eigenvalue weighted by atomic mass is 9.99. The van der Waals surface area contributed by atoms with E-state index in [2.05, 4.69) is 0 Å². The molecule has 0 saturated heterocycles. The summed E-state index contributed by atoms with van der Waals surface area (Å²) in [6, 6.07) is 7.92. The van der Waals surface area contributed by atoms with Crippen LogP contribution in [0.3, 0.4) is 0 Å². The summed E-state index contributed by atoms with van der Waals surface area (Å²) in [5.41, 5.74) is 1.54. The molecule has 19 heavy (non-hydrogen) atoms. The van der Waals surface area contributed by atoms with Crippen molar-refractivity contribution in [2.75, 3.05) is 0 Å². The molecule has 0 aromatic heterocycles. The lowest BCUT2D eigenvalue weighted by Crippen LogP contribution is -2.06. The molecule has 2 rings (SSSR count). The Kier molecular flexibility index (Phi) is 3.96. The van der Waals surface area contributed by atoms with Crippen LogP contribution in [-0.4, -0.2) is 5.78 Å². The third-order valence-corrected chi connectivity index (χ3v) is 3.22. The summed E-state index contributed by atoms with van der Waals surface area (Å²) >= 11 is 5.87. The van der Waals surface area contributed by atoms with E-state index in [4.69, 9.17) is 11.6 Å². The highest BCUT2D eigenvalue weighted by molar-refractivity contribution is 6.31. The van der Waals surface area contributed by atoms with Crippen LogP contribution in [0.25, 0.3) is 0 Å². The molecule has 98 valence electrons. The van der Waals surface area contributed by atoms with Gasteiger partial charge in [-0.3, -0.25) is 4.79 Å². The van der Waals surface area contributed by atoms with Crippen LogP contribution < -0.4 is 0 Å². The summed E-state index contributed by atoms with van der Waals surface area (Å²) in [6.45, 7) is 1.74. The molecule has 0 bridgehead atoms. The van der Waals surface area contributed by atoms with Crippen molar-refractivity contribution in [2.24, 2.45) is 0 Å². The smallest absolute Gasteiger partial charge is 0.167 e. The van der Waals surface area contributed by atoms with E-state index < -0.39 is 11.6 Å². The van der Waals surface area contributed by atoms with Crippen molar-refractivity contribution in [3.8, 4) is 0 Å². The highest BCUT2D eigenvalue weighted by atomic mass is 35.5. The van der Waals surface area contributed by atoms with Crippen molar-refractivity contribution in [1.82, 2.24) is 0 Å². The molecule has 1 nitrogen and oxygen atoms in total. The monoisotopic (exact) mass is 280 g/mol. The molecular weight excluding hydrogens is 270 g/mol. The molecule has 0 aliphatic carbocycles. The standard InChI is InChI=1S/C15H11ClF2O/c1-9-2-4-11(17)7-13(9)15(19)6-10-3-5-12(18)8-14(10)16/h2-5,7-8H,6H2,1H3. The first-order chi connectivity index (χ1) is 8.97. The van der Waals surface area contributed by atoms with Crippen LogP contribution in [0.15, 0.2) is 36.4 Å². The van der Waals surface area contributed by atoms with Crippen molar-refractivity contribution in [1.29, 1.82) is 0 Å². The first kappa shape index (κ1) is 13.7. The van der Waals surface area contributed by atoms with Gasteiger partial charge in [-0.1, -0.05) is 23.7 Å². The average molecular weight is 281 g/mol. The molecule has 0 spiro atoms. The van der Waals surface area contributed by atoms with Crippen molar-refractivity contribution in [3.63, 3.8) is 0 Å². The lowest BCUT2D eigenvalue weighted by Gasteiger charge is -2.07. The van der Waals surface area contributed by atoms with E-state index in [-0.39, 0.29) is 17.2 Å². The fraction of sp³-hybridized carbons (Fsp3) is 0.133. The summed E-state index contributed by atoms with van der Waals surface area (Å²) in [7, 11) is 0. The molecule has 4 heteroatoms. The average Bonchev–Trinajstić information content (AvgIpc) is 2.35. The van der Waals surface area contributed by atoms with Crippen molar-refractivity contribution in [2.45, 2.75) is 13.3 Å². The summed E-state index contributed by atoms with van der Waals surface area (Å²) in [5.74, 6) is -1.16. The Labute approximate surface area is 114 Å². The maximum absolute atomic E-state index is 13.2. The fourth-order valence-corrected chi connectivity index (χ4v) is 2.06. The number of hydrogen-bond acceptors (Lipinski definition) is 1. The number of benzene rings is 2. The van der Waals surface area contributed by atoms with Gasteiger partial charge in [-0.2, -0.15) is 0 Å². The fourth-order valence-electron chi connectivity index (χ4n) is 1.83. The number of carbonyl (C=O) groups is 1. The van der Waals surface area contributed by atoms with Crippen LogP contribution in [0.5, 0.6) is 0 Å². The van der Waals surface area contributed by atoms with E-state index in [9.17, 15) is 13.6 Å². The van der Waals surface area contributed by atoms with Gasteiger partial charge >= 0.3 is 0 Å². The zero-order valence-corrected chi connectivity index (χ0v) is 11.0. The van der Waals surface area contributed by atoms with Crippen LogP contribution in [0.4, 0.5) is 8.78 Å². The topological polar surface area (TPSA) is 17.1 Å². The maximum atomic E-state index is 13.2. The second-order valence-electron chi connectivity index (χ2n) is 4.29. The summed E-state index contributed by atoms with van der Waals surface area (Å²) in [5, 5.41) is 0.197. The van der Waals surface area contributed by atoms with E-state index in [1.807, 2.05) is 0 Å². The Morgan fingerprint density at radius 2 is 1.74 bits per heavy atom. The van der Waals surface area contributed by atoms with Gasteiger partial charge in [0.25, 0.3) is 0 Å². The molecule has 0 N–H and O–H groups in total. The van der Waals surface area contributed by atoms with Gasteiger partial charge in [0.1, 0.15) is 11.6 Å². The molecule has 0 heterocycles. The number of rotatable bonds is 3. The van der Waals surface area contributed by atoms with Crippen LogP contribution in [0.1, 0.15) is 21.5 Å². The predicted octanol–water partition coefficient (Wildman–Crippen LogP) is 4.35. The van der Waals surface area contributed by atoms with Crippen molar-refractivity contribution >= 4 is 17.4 Å². The van der Waals surface area contributed by atoms with E-state index in [1.165, 1.54) is 24.3 Å². The second-order valence-corrected chi connectivity index (χ2v) is 4.70. The SMILES string of the molecule is Cc1ccc(F)cc1C(=O)Cc1ccc(F)cc1Cl. The van der Waals surface area contributed by atoms with E-state index in [1.54, 1.807) is 13.0 Å². The zero-order valence-electron chi connectivity index (χ0n) is 10.2. The predicted molar refractivity (Wildman–Crippen MR) is 70.6 cm³/mol. The van der Waals surface area contributed by atoms with Crippen LogP contribution in [0.2, 0.25) is 5.02 Å². The molecule has 0 unspecified atom stereocenters. The van der Waals surface area contributed by atoms with Gasteiger partial charge in [-0.15, -0.1) is 0 Å². The van der Waals surface area contributed by atoms with Gasteiger partial charge in [-0.25, -0.2) is 8.78 Å². The third kappa shape index (κ3) is 3.18. The van der Waals surface area contributed by atoms with E-state index >= 15 is 0 Å². The largest absolute Gasteiger partial charge is 0.294 e. The van der Waals surface area contributed by atoms with Crippen molar-refractivity contribution in [3.05, 3.63) is 69.7 Å². The minimum absolute atomic E-state index is 0.0173. The van der Waals surface area contributed by atoms with Gasteiger partial charge in [0.05, 0.1) is 0 Å². The molecular formula is C15H11ClF2O. The lowest BCUT2D eigenvalue weighted by molar-refractivity contribution is 0.0992. The van der Waals surface area contributed by atoms with E-state index in [0.29, 0.717) is 16.7 Å². The maximum Gasteiger partial charge on any atom is 0.167 e. The molecule has 0 saturated carbocycles. The van der Waals surface area contributed by atoms with Gasteiger partial charge < -0.3 is 0 Å². The summed E-state index contributed by atoms with van der Waals surface area (Å²) in [4.78, 5) is 12.1. The van der Waals surface area contributed by atoms with E-state index in [0.717, 1.165) is 6.07 Å². The molecule has 0 aliphatic heterocycles. The molecule has 0 radical (unpaired) electrons. The Balaban J connectivity index is 2.28. The summed E-state index contributed by atoms with van der Waals surface area (Å²) in [6.07, 6.45) is 0.0173. The minimum atomic E-state index is -0.459. The Bertz CT molecular complexity index is 638. The number of aryl methyl sites for hydroxylation is 1. The highest BCUT2D eigenvalue weighted by Crippen LogP contribution is 2.20. The number of halogens is 3. The van der Waals surface area contributed by atoms with Gasteiger partial charge in [0.2, 0.25) is 0 Å². The van der Waals surface area contributed by atoms with Gasteiger partial charge in [0, 0.05) is 17.0 Å². The quantitative estimate of drug-likeness (QED) is 0.764. The van der Waals surface area contributed by atoms with Crippen LogP contribution >= 0.6 is 11.6 Å². The number of Topliss-reactive ketones (excluding diaryl/α,β-unsaturated/α-hetero) is 1. The number of ketones is 1. The molecule has 2 aromatic rings. The molecule has 2 aromatic carbocycles. The minimum Gasteiger partial charge on any atom is -0.294 e. The second kappa shape index (κ2) is 5.49. The zero-order chi connectivity index (χ0) is 14.0. The Morgan fingerprint density at radius 3 is 2.42 bits per heavy atom. The number of hydrogen-bond donors (Lipinski definition) is 0. The van der Waals surface area contributed by atoms with Crippen LogP contribution in [0, 0.1) is 18.6 Å². The Hall–Kier alpha value is -1.74. The molecule has 0 amide bonds. The molecule has 0 atom stereocenters. The Morgan fingerprint density at radius 1 is 1.11 bits per heavy atom. The highest BCUT2D eigenvalue weighted by Gasteiger charge is 2.13. The van der Waals surface area contributed by atoms with Gasteiger partial charge in [0.15, 0.2) is 5.78 Å². The van der Waals surface area contributed by atoms with Crippen LogP contribution in [-0.2, 0) is 6.42 Å². The first-order valence-corrected chi connectivity index (χ1v) is 6.08. The molecule has 0 aliphatic rings.